The number of hydrogen-bond acceptors (Lipinski definition) is 7. The summed E-state index contributed by atoms with van der Waals surface area (Å²) < 4.78 is 42.8. The fourth-order valence-electron chi connectivity index (χ4n) is 5.82. The summed E-state index contributed by atoms with van der Waals surface area (Å²) in [6, 6.07) is 10.8. The Balaban J connectivity index is 1.22. The zero-order chi connectivity index (χ0) is 28.3. The lowest BCUT2D eigenvalue weighted by Crippen LogP contribution is -2.46. The third kappa shape index (κ3) is 5.86. The van der Waals surface area contributed by atoms with Crippen molar-refractivity contribution in [2.75, 3.05) is 44.9 Å². The van der Waals surface area contributed by atoms with Crippen LogP contribution in [0.15, 0.2) is 59.9 Å². The Kier molecular flexibility index (Phi) is 8.43. The number of sulfonamides is 1. The molecule has 40 heavy (non-hydrogen) atoms. The molecule has 3 aromatic rings. The van der Waals surface area contributed by atoms with E-state index >= 15 is 0 Å². The van der Waals surface area contributed by atoms with E-state index < -0.39 is 16.1 Å². The van der Waals surface area contributed by atoms with Gasteiger partial charge in [-0.15, -0.1) is 0 Å². The summed E-state index contributed by atoms with van der Waals surface area (Å²) in [5.74, 6) is 0.431. The van der Waals surface area contributed by atoms with Gasteiger partial charge in [-0.1, -0.05) is 0 Å². The lowest BCUT2D eigenvalue weighted by Gasteiger charge is -2.36. The molecular weight excluding hydrogens is 530 g/mol. The smallest absolute Gasteiger partial charge is 0.246 e. The van der Waals surface area contributed by atoms with Crippen LogP contribution >= 0.6 is 0 Å². The SMILES string of the molecule is COc1cc(C)c(S(=O)(=O)N2CCn3cccc3C2COCC(=O)NC2CCN(c3ccncc3)CC2)c(C)c1. The highest BCUT2D eigenvalue weighted by Crippen LogP contribution is 2.35. The summed E-state index contributed by atoms with van der Waals surface area (Å²) in [6.07, 6.45) is 7.21. The number of piperidine rings is 1. The maximum absolute atomic E-state index is 14.0. The normalized spacial score (nSPS) is 18.4. The van der Waals surface area contributed by atoms with E-state index in [1.54, 1.807) is 45.5 Å². The van der Waals surface area contributed by atoms with Crippen LogP contribution in [0, 0.1) is 13.8 Å². The number of carbonyl (C=O) groups is 1. The standard InChI is InChI=1S/C29H37N5O5S/c1-21-17-25(38-3)18-22(2)29(21)40(36,37)34-16-15-33-12-4-5-26(33)27(34)19-39-20-28(35)31-23-8-13-32(14-9-23)24-6-10-30-11-7-24/h4-7,10-12,17-18,23,27H,8-9,13-16,19-20H2,1-3H3,(H,31,35). The minimum Gasteiger partial charge on any atom is -0.497 e. The molecule has 2 aromatic heterocycles. The Bertz CT molecular complexity index is 1410. The largest absolute Gasteiger partial charge is 0.497 e. The van der Waals surface area contributed by atoms with Crippen molar-refractivity contribution in [2.24, 2.45) is 0 Å². The van der Waals surface area contributed by atoms with Gasteiger partial charge in [0.15, 0.2) is 0 Å². The lowest BCUT2D eigenvalue weighted by atomic mass is 10.0. The molecule has 1 N–H and O–H groups in total. The molecule has 10 nitrogen and oxygen atoms in total. The molecule has 214 valence electrons. The zero-order valence-electron chi connectivity index (χ0n) is 23.2. The van der Waals surface area contributed by atoms with Crippen LogP contribution in [0.4, 0.5) is 5.69 Å². The number of nitrogens with one attached hydrogen (secondary N) is 1. The number of nitrogens with zero attached hydrogens (tertiary/aromatic N) is 4. The Morgan fingerprint density at radius 1 is 1.05 bits per heavy atom. The number of benzene rings is 1. The van der Waals surface area contributed by atoms with Crippen molar-refractivity contribution < 1.29 is 22.7 Å². The van der Waals surface area contributed by atoms with E-state index in [4.69, 9.17) is 9.47 Å². The molecule has 2 aliphatic heterocycles. The lowest BCUT2D eigenvalue weighted by molar-refractivity contribution is -0.127. The Morgan fingerprint density at radius 3 is 2.42 bits per heavy atom. The van der Waals surface area contributed by atoms with Gasteiger partial charge in [0, 0.05) is 62.2 Å². The van der Waals surface area contributed by atoms with Crippen LogP contribution in [0.5, 0.6) is 5.75 Å². The first-order valence-corrected chi connectivity index (χ1v) is 15.1. The molecule has 0 spiro atoms. The Morgan fingerprint density at radius 2 is 1.75 bits per heavy atom. The van der Waals surface area contributed by atoms with E-state index in [1.807, 2.05) is 35.0 Å². The summed E-state index contributed by atoms with van der Waals surface area (Å²) in [5, 5.41) is 3.08. The van der Waals surface area contributed by atoms with Gasteiger partial charge in [-0.3, -0.25) is 9.78 Å². The summed E-state index contributed by atoms with van der Waals surface area (Å²) in [7, 11) is -2.28. The topological polar surface area (TPSA) is 106 Å². The van der Waals surface area contributed by atoms with Gasteiger partial charge >= 0.3 is 0 Å². The van der Waals surface area contributed by atoms with Gasteiger partial charge in [-0.2, -0.15) is 4.31 Å². The molecule has 5 rings (SSSR count). The molecule has 1 saturated heterocycles. The highest BCUT2D eigenvalue weighted by molar-refractivity contribution is 7.89. The van der Waals surface area contributed by atoms with E-state index in [9.17, 15) is 13.2 Å². The van der Waals surface area contributed by atoms with E-state index in [0.29, 0.717) is 30.0 Å². The Hall–Kier alpha value is -3.41. The predicted octanol–water partition coefficient (Wildman–Crippen LogP) is 3.06. The second-order valence-corrected chi connectivity index (χ2v) is 12.2. The molecule has 0 aliphatic carbocycles. The van der Waals surface area contributed by atoms with Crippen LogP contribution < -0.4 is 15.0 Å². The molecule has 0 saturated carbocycles. The van der Waals surface area contributed by atoms with Crippen LogP contribution in [0.25, 0.3) is 0 Å². The van der Waals surface area contributed by atoms with Crippen molar-refractivity contribution in [2.45, 2.75) is 50.2 Å². The first-order valence-electron chi connectivity index (χ1n) is 13.6. The van der Waals surface area contributed by atoms with Crippen molar-refractivity contribution in [3.8, 4) is 5.75 Å². The van der Waals surface area contributed by atoms with Crippen molar-refractivity contribution in [1.29, 1.82) is 0 Å². The number of aromatic nitrogens is 2. The van der Waals surface area contributed by atoms with Crippen molar-refractivity contribution in [3.05, 3.63) is 71.8 Å². The van der Waals surface area contributed by atoms with Crippen LogP contribution in [0.3, 0.4) is 0 Å². The highest BCUT2D eigenvalue weighted by atomic mass is 32.2. The maximum Gasteiger partial charge on any atom is 0.246 e. The average Bonchev–Trinajstić information content (AvgIpc) is 3.43. The number of carbonyl (C=O) groups excluding carboxylic acids is 1. The van der Waals surface area contributed by atoms with Crippen LogP contribution in [-0.4, -0.2) is 74.2 Å². The Labute approximate surface area is 236 Å². The number of amides is 1. The molecule has 1 fully saturated rings. The predicted molar refractivity (Wildman–Crippen MR) is 152 cm³/mol. The summed E-state index contributed by atoms with van der Waals surface area (Å²) in [6.45, 7) is 6.08. The minimum atomic E-state index is -3.84. The summed E-state index contributed by atoms with van der Waals surface area (Å²) in [4.78, 5) is 19.4. The third-order valence-corrected chi connectivity index (χ3v) is 9.96. The maximum atomic E-state index is 14.0. The number of anilines is 1. The van der Waals surface area contributed by atoms with E-state index in [2.05, 4.69) is 15.2 Å². The van der Waals surface area contributed by atoms with E-state index in [-0.39, 0.29) is 30.1 Å². The fourth-order valence-corrected chi connectivity index (χ4v) is 7.81. The molecule has 2 aliphatic rings. The first kappa shape index (κ1) is 28.1. The molecule has 1 atom stereocenters. The molecule has 1 amide bonds. The zero-order valence-corrected chi connectivity index (χ0v) is 24.1. The number of rotatable bonds is 9. The summed E-state index contributed by atoms with van der Waals surface area (Å²) in [5.41, 5.74) is 3.25. The van der Waals surface area contributed by atoms with Gasteiger partial charge < -0.3 is 24.3 Å². The van der Waals surface area contributed by atoms with Crippen molar-refractivity contribution >= 4 is 21.6 Å². The second kappa shape index (κ2) is 12.0. The molecule has 11 heteroatoms. The number of pyridine rings is 1. The quantitative estimate of drug-likeness (QED) is 0.424. The van der Waals surface area contributed by atoms with Gasteiger partial charge in [-0.25, -0.2) is 8.42 Å². The van der Waals surface area contributed by atoms with E-state index in [1.165, 1.54) is 4.31 Å². The van der Waals surface area contributed by atoms with Gasteiger partial charge in [-0.05, 0) is 74.2 Å². The average molecular weight is 568 g/mol. The summed E-state index contributed by atoms with van der Waals surface area (Å²) >= 11 is 0. The van der Waals surface area contributed by atoms with E-state index in [0.717, 1.165) is 37.3 Å². The number of fused-ring (bicyclic) bond motifs is 1. The first-order chi connectivity index (χ1) is 19.3. The second-order valence-electron chi connectivity index (χ2n) is 10.4. The van der Waals surface area contributed by atoms with Gasteiger partial charge in [0.1, 0.15) is 12.4 Å². The number of hydrogen-bond donors (Lipinski definition) is 1. The minimum absolute atomic E-state index is 0.0748. The van der Waals surface area contributed by atoms with Gasteiger partial charge in [0.05, 0.1) is 24.7 Å². The van der Waals surface area contributed by atoms with Gasteiger partial charge in [0.2, 0.25) is 15.9 Å². The number of ether oxygens (including phenoxy) is 2. The highest BCUT2D eigenvalue weighted by Gasteiger charge is 2.38. The molecule has 0 radical (unpaired) electrons. The van der Waals surface area contributed by atoms with Crippen LogP contribution in [-0.2, 0) is 26.1 Å². The molecule has 1 unspecified atom stereocenters. The number of aryl methyl sites for hydroxylation is 2. The van der Waals surface area contributed by atoms with Crippen LogP contribution in [0.1, 0.15) is 35.7 Å². The molecular formula is C29H37N5O5S. The molecule has 0 bridgehead atoms. The van der Waals surface area contributed by atoms with Crippen molar-refractivity contribution in [1.82, 2.24) is 19.2 Å². The molecule has 4 heterocycles. The van der Waals surface area contributed by atoms with Crippen LogP contribution in [0.2, 0.25) is 0 Å². The van der Waals surface area contributed by atoms with Crippen molar-refractivity contribution in [3.63, 3.8) is 0 Å². The number of methoxy groups -OCH3 is 1. The van der Waals surface area contributed by atoms with Gasteiger partial charge in [0.25, 0.3) is 0 Å². The molecule has 1 aromatic carbocycles. The third-order valence-electron chi connectivity index (χ3n) is 7.75. The monoisotopic (exact) mass is 567 g/mol. The fraction of sp³-hybridized carbons (Fsp3) is 0.448.